The van der Waals surface area contributed by atoms with Gasteiger partial charge >= 0.3 is 0 Å². The van der Waals surface area contributed by atoms with Crippen molar-refractivity contribution in [1.29, 1.82) is 5.26 Å². The Morgan fingerprint density at radius 2 is 1.77 bits per heavy atom. The second-order valence-electron chi connectivity index (χ2n) is 8.74. The molecule has 1 aliphatic carbocycles. The summed E-state index contributed by atoms with van der Waals surface area (Å²) in [7, 11) is 2.07. The zero-order valence-corrected chi connectivity index (χ0v) is 18.0. The van der Waals surface area contributed by atoms with Crippen molar-refractivity contribution < 1.29 is 8.98 Å². The van der Waals surface area contributed by atoms with E-state index < -0.39 is 0 Å². The first kappa shape index (κ1) is 18.9. The van der Waals surface area contributed by atoms with Crippen molar-refractivity contribution in [3.05, 3.63) is 64.8 Å². The second kappa shape index (κ2) is 7.29. The van der Waals surface area contributed by atoms with Gasteiger partial charge in [0.1, 0.15) is 18.2 Å². The topological polar surface area (TPSA) is 40.8 Å². The number of pyridine rings is 1. The van der Waals surface area contributed by atoms with Gasteiger partial charge in [-0.15, -0.1) is 0 Å². The summed E-state index contributed by atoms with van der Waals surface area (Å²) in [6, 6.07) is 15.3. The van der Waals surface area contributed by atoms with Gasteiger partial charge in [0, 0.05) is 28.5 Å². The Bertz CT molecular complexity index is 1320. The van der Waals surface area contributed by atoms with Gasteiger partial charge in [0.05, 0.1) is 17.2 Å². The fourth-order valence-electron chi connectivity index (χ4n) is 5.27. The molecule has 3 heteroatoms. The van der Waals surface area contributed by atoms with Gasteiger partial charge in [-0.2, -0.15) is 5.26 Å². The minimum atomic E-state index is 0.411. The largest absolute Gasteiger partial charge is 0.455 e. The number of hydrogen-bond donors (Lipinski definition) is 0. The Hall–Kier alpha value is -3.12. The summed E-state index contributed by atoms with van der Waals surface area (Å²) in [5.41, 5.74) is 8.33. The second-order valence-corrected chi connectivity index (χ2v) is 8.74. The fourth-order valence-corrected chi connectivity index (χ4v) is 5.27. The molecule has 30 heavy (non-hydrogen) atoms. The van der Waals surface area contributed by atoms with Crippen LogP contribution in [0.3, 0.4) is 0 Å². The molecule has 5 rings (SSSR count). The van der Waals surface area contributed by atoms with Gasteiger partial charge in [-0.25, -0.2) is 4.57 Å². The zero-order valence-electron chi connectivity index (χ0n) is 18.0. The van der Waals surface area contributed by atoms with Crippen LogP contribution < -0.4 is 4.57 Å². The van der Waals surface area contributed by atoms with Gasteiger partial charge in [0.25, 0.3) is 0 Å². The van der Waals surface area contributed by atoms with Crippen LogP contribution in [0.4, 0.5) is 0 Å². The molecule has 2 aromatic heterocycles. The summed E-state index contributed by atoms with van der Waals surface area (Å²) in [4.78, 5) is 0. The van der Waals surface area contributed by atoms with Crippen molar-refractivity contribution in [2.45, 2.75) is 51.9 Å². The van der Waals surface area contributed by atoms with Crippen LogP contribution >= 0.6 is 0 Å². The molecule has 0 radical (unpaired) electrons. The molecule has 0 N–H and O–H groups in total. The van der Waals surface area contributed by atoms with E-state index in [0.29, 0.717) is 5.92 Å². The Labute approximate surface area is 177 Å². The fraction of sp³-hybridized carbons (Fsp3) is 0.333. The molecular formula is C27H27N2O+. The number of nitriles is 1. The van der Waals surface area contributed by atoms with E-state index in [1.807, 2.05) is 6.07 Å². The highest BCUT2D eigenvalue weighted by Crippen LogP contribution is 2.44. The molecule has 2 aromatic carbocycles. The average molecular weight is 396 g/mol. The first-order valence-corrected chi connectivity index (χ1v) is 10.9. The highest BCUT2D eigenvalue weighted by Gasteiger charge is 2.27. The molecule has 1 saturated carbocycles. The third kappa shape index (κ3) is 2.82. The van der Waals surface area contributed by atoms with Crippen molar-refractivity contribution in [1.82, 2.24) is 0 Å². The first-order valence-electron chi connectivity index (χ1n) is 10.9. The number of nitrogens with zero attached hydrogens (tertiary/aromatic N) is 2. The van der Waals surface area contributed by atoms with Crippen LogP contribution in [0.15, 0.2) is 47.0 Å². The standard InChI is InChI=1S/C27H27N2O/c1-17-12-13-20-21-15-18(2)22(16-28)25(19-9-5-4-6-10-19)27(21)30-26(20)24(17)23-11-7-8-14-29(23)3/h7-8,11-15,19H,4-6,9-10H2,1-3H3/q+1. The van der Waals surface area contributed by atoms with Gasteiger partial charge in [0.15, 0.2) is 6.20 Å². The molecule has 0 unspecified atom stereocenters. The lowest BCUT2D eigenvalue weighted by Gasteiger charge is -2.23. The van der Waals surface area contributed by atoms with Gasteiger partial charge in [-0.3, -0.25) is 0 Å². The molecule has 2 heterocycles. The lowest BCUT2D eigenvalue weighted by molar-refractivity contribution is -0.660. The molecule has 0 atom stereocenters. The summed E-state index contributed by atoms with van der Waals surface area (Å²) in [5.74, 6) is 0.411. The van der Waals surface area contributed by atoms with Crippen molar-refractivity contribution >= 4 is 21.9 Å². The molecule has 0 bridgehead atoms. The van der Waals surface area contributed by atoms with E-state index in [9.17, 15) is 5.26 Å². The molecule has 4 aromatic rings. The highest BCUT2D eigenvalue weighted by atomic mass is 16.3. The van der Waals surface area contributed by atoms with Crippen molar-refractivity contribution in [2.75, 3.05) is 0 Å². The lowest BCUT2D eigenvalue weighted by atomic mass is 9.80. The van der Waals surface area contributed by atoms with E-state index >= 15 is 0 Å². The van der Waals surface area contributed by atoms with Crippen molar-refractivity contribution in [3.63, 3.8) is 0 Å². The third-order valence-electron chi connectivity index (χ3n) is 6.81. The van der Waals surface area contributed by atoms with Crippen molar-refractivity contribution in [3.8, 4) is 17.3 Å². The molecule has 1 aliphatic rings. The van der Waals surface area contributed by atoms with Gasteiger partial charge in [0.2, 0.25) is 5.69 Å². The van der Waals surface area contributed by atoms with Crippen LogP contribution in [0.5, 0.6) is 0 Å². The maximum absolute atomic E-state index is 9.98. The average Bonchev–Trinajstić information content (AvgIpc) is 3.12. The van der Waals surface area contributed by atoms with E-state index in [1.54, 1.807) is 0 Å². The summed E-state index contributed by atoms with van der Waals surface area (Å²) in [6.07, 6.45) is 8.11. The number of furan rings is 1. The Kier molecular flexibility index (Phi) is 4.59. The Morgan fingerprint density at radius 3 is 2.50 bits per heavy atom. The molecule has 0 amide bonds. The maximum Gasteiger partial charge on any atom is 0.216 e. The van der Waals surface area contributed by atoms with Crippen LogP contribution in [0.25, 0.3) is 33.2 Å². The van der Waals surface area contributed by atoms with Crippen LogP contribution in [0.1, 0.15) is 60.3 Å². The Morgan fingerprint density at radius 1 is 0.967 bits per heavy atom. The summed E-state index contributed by atoms with van der Waals surface area (Å²) in [6.45, 7) is 4.21. The van der Waals surface area contributed by atoms with E-state index in [4.69, 9.17) is 4.42 Å². The van der Waals surface area contributed by atoms with Gasteiger partial charge < -0.3 is 4.42 Å². The van der Waals surface area contributed by atoms with E-state index in [0.717, 1.165) is 62.7 Å². The quantitative estimate of drug-likeness (QED) is 0.358. The molecular weight excluding hydrogens is 368 g/mol. The SMILES string of the molecule is Cc1cc2c(oc3c(-c4cccc[n+]4C)c(C)ccc32)c(C2CCCCC2)c1C#N. The number of fused-ring (bicyclic) bond motifs is 3. The van der Waals surface area contributed by atoms with Crippen LogP contribution in [0.2, 0.25) is 0 Å². The van der Waals surface area contributed by atoms with Crippen molar-refractivity contribution in [2.24, 2.45) is 7.05 Å². The van der Waals surface area contributed by atoms with Gasteiger partial charge in [-0.05, 0) is 55.9 Å². The third-order valence-corrected chi connectivity index (χ3v) is 6.81. The molecule has 0 spiro atoms. The minimum absolute atomic E-state index is 0.411. The number of aromatic nitrogens is 1. The normalized spacial score (nSPS) is 15.0. The van der Waals surface area contributed by atoms with Crippen LogP contribution in [0, 0.1) is 25.2 Å². The smallest absolute Gasteiger partial charge is 0.216 e. The first-order chi connectivity index (χ1) is 14.6. The van der Waals surface area contributed by atoms with E-state index in [-0.39, 0.29) is 0 Å². The predicted molar refractivity (Wildman–Crippen MR) is 120 cm³/mol. The van der Waals surface area contributed by atoms with Gasteiger partial charge in [-0.1, -0.05) is 31.4 Å². The maximum atomic E-state index is 9.98. The van der Waals surface area contributed by atoms with Crippen LogP contribution in [-0.4, -0.2) is 0 Å². The Balaban J connectivity index is 1.89. The van der Waals surface area contributed by atoms with E-state index in [1.165, 1.54) is 24.8 Å². The number of hydrogen-bond acceptors (Lipinski definition) is 2. The number of benzene rings is 2. The van der Waals surface area contributed by atoms with Crippen LogP contribution in [-0.2, 0) is 7.05 Å². The van der Waals surface area contributed by atoms with E-state index in [2.05, 4.69) is 68.1 Å². The molecule has 150 valence electrons. The predicted octanol–water partition coefficient (Wildman–Crippen LogP) is 6.61. The summed E-state index contributed by atoms with van der Waals surface area (Å²) < 4.78 is 8.83. The molecule has 1 fully saturated rings. The number of aryl methyl sites for hydroxylation is 3. The lowest BCUT2D eigenvalue weighted by Crippen LogP contribution is -2.30. The zero-order chi connectivity index (χ0) is 20.8. The molecule has 3 nitrogen and oxygen atoms in total. The molecule has 0 aliphatic heterocycles. The molecule has 0 saturated heterocycles. The highest BCUT2D eigenvalue weighted by molar-refractivity contribution is 6.11. The summed E-state index contributed by atoms with van der Waals surface area (Å²) >= 11 is 0. The summed E-state index contributed by atoms with van der Waals surface area (Å²) in [5, 5.41) is 12.3. The number of rotatable bonds is 2. The minimum Gasteiger partial charge on any atom is -0.455 e. The monoisotopic (exact) mass is 395 g/mol.